The van der Waals surface area contributed by atoms with E-state index in [-0.39, 0.29) is 31.6 Å². The van der Waals surface area contributed by atoms with E-state index >= 15 is 0 Å². The van der Waals surface area contributed by atoms with Crippen LogP contribution in [0.1, 0.15) is 71.1 Å². The normalized spacial score (nSPS) is 11.4. The van der Waals surface area contributed by atoms with Crippen LogP contribution < -0.4 is 0 Å². The van der Waals surface area contributed by atoms with Gasteiger partial charge in [-0.25, -0.2) is 39.9 Å². The van der Waals surface area contributed by atoms with E-state index < -0.39 is 0 Å². The molecule has 721 valence electrons. The quantitative estimate of drug-likeness (QED) is 0.0414. The average molecular weight is 2100 g/mol. The van der Waals surface area contributed by atoms with E-state index in [0.717, 1.165) is 118 Å². The van der Waals surface area contributed by atoms with Crippen LogP contribution in [0.4, 0.5) is 0 Å². The maximum absolute atomic E-state index is 11.2. The number of pyridine rings is 3. The fourth-order valence-electron chi connectivity index (χ4n) is 19.6. The molecule has 1 N–H and O–H groups in total. The number of fused-ring (bicyclic) bond motifs is 11. The van der Waals surface area contributed by atoms with Gasteiger partial charge in [-0.1, -0.05) is 413 Å². The van der Waals surface area contributed by atoms with Crippen molar-refractivity contribution in [1.29, 1.82) is 0 Å². The minimum Gasteiger partial charge on any atom is -0.512 e. The fourth-order valence-corrected chi connectivity index (χ4v) is 19.6. The summed E-state index contributed by atoms with van der Waals surface area (Å²) in [4.78, 5) is 56.3. The van der Waals surface area contributed by atoms with Crippen LogP contribution in [0, 0.1) is 37.7 Å². The van der Waals surface area contributed by atoms with Gasteiger partial charge in [0, 0.05) is 112 Å². The molecule has 148 heavy (non-hydrogen) atoms. The van der Waals surface area contributed by atoms with Gasteiger partial charge in [0.05, 0.1) is 33.3 Å². The predicted molar refractivity (Wildman–Crippen MR) is 607 cm³/mol. The molecule has 0 amide bonds. The first-order valence-electron chi connectivity index (χ1n) is 50.3. The number of nitrogens with zero attached hydrogens (tertiary/aromatic N) is 11. The van der Waals surface area contributed by atoms with Crippen molar-refractivity contribution < 1.29 is 30.0 Å². The summed E-state index contributed by atoms with van der Waals surface area (Å²) < 4.78 is 4.55. The van der Waals surface area contributed by atoms with E-state index in [4.69, 9.17) is 44.9 Å². The van der Waals surface area contributed by atoms with Crippen molar-refractivity contribution in [1.82, 2.24) is 54.0 Å². The van der Waals surface area contributed by atoms with Gasteiger partial charge in [0.1, 0.15) is 11.6 Å². The zero-order chi connectivity index (χ0) is 100. The Morgan fingerprint density at radius 3 is 1.11 bits per heavy atom. The second-order valence-electron chi connectivity index (χ2n) is 38.7. The second kappa shape index (κ2) is 44.4. The smallest absolute Gasteiger partial charge is 0.165 e. The molecule has 0 atom stereocenters. The third-order valence-corrected chi connectivity index (χ3v) is 26.4. The number of aliphatic hydroxyl groups is 1. The minimum absolute atomic E-state index is 0. The molecule has 0 bridgehead atoms. The number of allylic oxidation sites excluding steroid dienone is 2. The Morgan fingerprint density at radius 2 is 0.676 bits per heavy atom. The number of hydrogen-bond acceptors (Lipinski definition) is 11. The number of carbonyl (C=O) groups excluding carboxylic acids is 1. The largest absolute Gasteiger partial charge is 0.512 e. The van der Waals surface area contributed by atoms with Gasteiger partial charge in [0.25, 0.3) is 0 Å². The van der Waals surface area contributed by atoms with Gasteiger partial charge in [0.15, 0.2) is 40.7 Å². The first-order chi connectivity index (χ1) is 71.9. The summed E-state index contributed by atoms with van der Waals surface area (Å²) in [6, 6.07) is 154. The average Bonchev–Trinajstić information content (AvgIpc) is 1.57. The molecule has 24 rings (SSSR count). The molecule has 0 aliphatic rings. The Kier molecular flexibility index (Phi) is 29.3. The van der Waals surface area contributed by atoms with Crippen molar-refractivity contribution >= 4 is 81.8 Å². The molecule has 1 radical (unpaired) electrons. The summed E-state index contributed by atoms with van der Waals surface area (Å²) in [7, 11) is 0. The molecule has 0 saturated heterocycles. The molecular formula is C134H108IrN11O2-. The molecule has 7 aromatic heterocycles. The maximum atomic E-state index is 11.2. The number of hydrogen-bond donors (Lipinski definition) is 1. The zero-order valence-electron chi connectivity index (χ0n) is 83.7. The second-order valence-corrected chi connectivity index (χ2v) is 38.7. The monoisotopic (exact) mass is 2100 g/mol. The van der Waals surface area contributed by atoms with Crippen molar-refractivity contribution in [2.45, 2.75) is 74.7 Å². The van der Waals surface area contributed by atoms with Crippen molar-refractivity contribution in [2.75, 3.05) is 0 Å². The summed E-state index contributed by atoms with van der Waals surface area (Å²) in [5, 5.41) is 20.2. The summed E-state index contributed by atoms with van der Waals surface area (Å²) in [5.41, 5.74) is 28.4. The van der Waals surface area contributed by atoms with E-state index in [0.29, 0.717) is 65.5 Å². The molecule has 0 aliphatic heterocycles. The van der Waals surface area contributed by atoms with E-state index in [1.165, 1.54) is 99.1 Å². The van der Waals surface area contributed by atoms with E-state index in [1.54, 1.807) is 0 Å². The molecule has 0 fully saturated rings. The number of aromatic nitrogens is 11. The Balaban J connectivity index is 0.000000131. The zero-order valence-corrected chi connectivity index (χ0v) is 86.1. The van der Waals surface area contributed by atoms with Gasteiger partial charge in [-0.15, -0.1) is 34.9 Å². The van der Waals surface area contributed by atoms with Crippen molar-refractivity contribution in [2.24, 2.45) is 17.8 Å². The Bertz CT molecular complexity index is 8900. The molecule has 24 aromatic rings. The van der Waals surface area contributed by atoms with Gasteiger partial charge >= 0.3 is 0 Å². The Labute approximate surface area is 876 Å². The summed E-state index contributed by atoms with van der Waals surface area (Å²) in [5.74, 6) is 6.79. The van der Waals surface area contributed by atoms with Gasteiger partial charge < -0.3 is 5.11 Å². The van der Waals surface area contributed by atoms with Crippen LogP contribution in [0.5, 0.6) is 0 Å². The maximum Gasteiger partial charge on any atom is 0.165 e. The molecular weight excluding hydrogens is 1990 g/mol. The van der Waals surface area contributed by atoms with Crippen LogP contribution in [-0.2, 0) is 31.3 Å². The number of rotatable bonds is 21. The Hall–Kier alpha value is -17.6. The van der Waals surface area contributed by atoms with Crippen LogP contribution in [0.3, 0.4) is 0 Å². The van der Waals surface area contributed by atoms with Gasteiger partial charge in [-0.2, -0.15) is 0 Å². The molecule has 7 heterocycles. The summed E-state index contributed by atoms with van der Waals surface area (Å²) in [6.45, 7) is 16.8. The standard InChI is InChI=1S/2C48H31N5.C27H26N.C11H20O2.Ir/c1-4-12-32(13-5-1)34-20-22-37(23-21-34)47-50-46(36-17-8-3-9-18-36)51-48(52-47)39-26-29-44(49-31-39)53-42-28-25-35-16-10-11-19-40(35)45(42)41-27-24-38(30-43(41)53)33-14-6-2-7-15-33;1-4-12-32(13-5-1)34-20-22-37(23-21-34)47-50-46(36-17-8-3-9-18-36)51-48(52-47)39-28-29-49-44(31-39)53-42-27-25-35-16-10-11-19-40(35)45(42)41-26-24-38(30-43(41)53)33-14-6-2-7-15-33;1-18(2)12-23-17-27(24-14-19(3)13-20(4)15-24)28-26-11-10-22(16-25(23)26)21-8-6-5-7-9-21;1-8(2)5-10(12)7-11(13)6-9(3)4;/h2*1-31H;5-11,13-14,16-18H,12H2,1-4H3;7-9,12H,5-6H2,1-4H3;/q;;-1;;. The number of aryl methyl sites for hydroxylation is 2. The van der Waals surface area contributed by atoms with E-state index in [2.05, 4.69) is 395 Å². The molecule has 13 nitrogen and oxygen atoms in total. The van der Waals surface area contributed by atoms with Gasteiger partial charge in [-0.05, 0) is 173 Å². The molecule has 0 spiro atoms. The SMILES string of the molecule is CC(C)CC(=O)C=C(O)CC(C)C.Cc1[c-]c(-c2cc(CC(C)C)c3cc(-c4ccccc4)ccc3n2)cc(C)c1.[Ir].c1ccc(-c2ccc(-c3nc(-c4ccccc4)nc(-c4ccc(-n5c6cc(-c7ccccc7)ccc6c6c7ccccc7ccc65)nc4)n3)cc2)cc1.c1ccc(-c2ccc(-c3nc(-c4ccccc4)nc(-c4ccnc(-n5c6cc(-c7ccccc7)ccc6c6c7ccccc7ccc65)c4)n3)cc2)cc1. The fraction of sp³-hybridized carbons (Fsp3) is 0.104. The van der Waals surface area contributed by atoms with Crippen LogP contribution in [-0.4, -0.2) is 64.9 Å². The molecule has 0 unspecified atom stereocenters. The van der Waals surface area contributed by atoms with Crippen LogP contribution in [0.15, 0.2) is 455 Å². The van der Waals surface area contributed by atoms with E-state index in [1.807, 2.05) is 119 Å². The van der Waals surface area contributed by atoms with Crippen LogP contribution in [0.25, 0.3) is 223 Å². The van der Waals surface area contributed by atoms with Crippen molar-refractivity contribution in [3.05, 3.63) is 478 Å². The Morgan fingerprint density at radius 1 is 0.304 bits per heavy atom. The first-order valence-corrected chi connectivity index (χ1v) is 50.3. The van der Waals surface area contributed by atoms with Crippen molar-refractivity contribution in [3.8, 4) is 147 Å². The van der Waals surface area contributed by atoms with Crippen LogP contribution >= 0.6 is 0 Å². The third-order valence-electron chi connectivity index (χ3n) is 26.4. The van der Waals surface area contributed by atoms with E-state index in [9.17, 15) is 9.90 Å². The van der Waals surface area contributed by atoms with Gasteiger partial charge in [-0.3, -0.25) is 18.9 Å². The minimum atomic E-state index is 0. The number of ketones is 1. The molecule has 14 heteroatoms. The molecule has 17 aromatic carbocycles. The molecule has 0 aliphatic carbocycles. The van der Waals surface area contributed by atoms with Crippen LogP contribution in [0.2, 0.25) is 0 Å². The third kappa shape index (κ3) is 21.8. The number of aliphatic hydroxyl groups excluding tert-OH is 1. The first kappa shape index (κ1) is 97.9. The van der Waals surface area contributed by atoms with Crippen molar-refractivity contribution in [3.63, 3.8) is 0 Å². The summed E-state index contributed by atoms with van der Waals surface area (Å²) in [6.07, 6.45) is 7.23. The predicted octanol–water partition coefficient (Wildman–Crippen LogP) is 34.0. The topological polar surface area (TPSA) is 163 Å². The number of carbonyl (C=O) groups is 1. The van der Waals surface area contributed by atoms with Gasteiger partial charge in [0.2, 0.25) is 0 Å². The number of benzene rings is 17. The summed E-state index contributed by atoms with van der Waals surface area (Å²) >= 11 is 0. The molecule has 0 saturated carbocycles.